The molecule has 2 aromatic heterocycles. The molecule has 5 heteroatoms. The standard InChI is InChI=1S/C18H21N3O2/c1-13-8-14(2)21(20-13)11-15-4-3-5-16(9-15)19-10-17-6-7-18(12-22)23-17/h3-9,19,22H,10-12H2,1-2H3. The van der Waals surface area contributed by atoms with Gasteiger partial charge in [0.05, 0.1) is 18.8 Å². The molecule has 0 radical (unpaired) electrons. The van der Waals surface area contributed by atoms with Crippen molar-refractivity contribution in [3.05, 3.63) is 70.9 Å². The second kappa shape index (κ2) is 6.71. The van der Waals surface area contributed by atoms with E-state index in [4.69, 9.17) is 9.52 Å². The zero-order valence-electron chi connectivity index (χ0n) is 13.4. The van der Waals surface area contributed by atoms with Gasteiger partial charge in [-0.05, 0) is 49.7 Å². The summed E-state index contributed by atoms with van der Waals surface area (Å²) in [6.45, 7) is 5.34. The summed E-state index contributed by atoms with van der Waals surface area (Å²) in [6.07, 6.45) is 0. The Morgan fingerprint density at radius 3 is 2.65 bits per heavy atom. The number of hydrogen-bond donors (Lipinski definition) is 2. The van der Waals surface area contributed by atoms with Gasteiger partial charge in [0, 0.05) is 11.4 Å². The van der Waals surface area contributed by atoms with E-state index in [-0.39, 0.29) is 6.61 Å². The molecule has 1 aromatic carbocycles. The molecule has 0 saturated carbocycles. The van der Waals surface area contributed by atoms with Crippen LogP contribution < -0.4 is 5.32 Å². The molecule has 23 heavy (non-hydrogen) atoms. The number of benzene rings is 1. The van der Waals surface area contributed by atoms with Crippen LogP contribution in [0.2, 0.25) is 0 Å². The normalized spacial score (nSPS) is 10.9. The predicted octanol–water partition coefficient (Wildman–Crippen LogP) is 3.25. The van der Waals surface area contributed by atoms with E-state index in [2.05, 4.69) is 35.5 Å². The maximum Gasteiger partial charge on any atom is 0.129 e. The first-order valence-corrected chi connectivity index (χ1v) is 7.66. The predicted molar refractivity (Wildman–Crippen MR) is 89.2 cm³/mol. The molecule has 3 rings (SSSR count). The Kier molecular flexibility index (Phi) is 4.48. The minimum absolute atomic E-state index is 0.0713. The number of nitrogens with zero attached hydrogens (tertiary/aromatic N) is 2. The van der Waals surface area contributed by atoms with Crippen LogP contribution in [0.15, 0.2) is 46.9 Å². The lowest BCUT2D eigenvalue weighted by molar-refractivity contribution is 0.244. The smallest absolute Gasteiger partial charge is 0.129 e. The Morgan fingerprint density at radius 1 is 1.13 bits per heavy atom. The van der Waals surface area contributed by atoms with Crippen molar-refractivity contribution in [3.8, 4) is 0 Å². The van der Waals surface area contributed by atoms with Crippen molar-refractivity contribution in [3.63, 3.8) is 0 Å². The van der Waals surface area contributed by atoms with E-state index in [9.17, 15) is 0 Å². The summed E-state index contributed by atoms with van der Waals surface area (Å²) in [5, 5.41) is 16.9. The quantitative estimate of drug-likeness (QED) is 0.733. The lowest BCUT2D eigenvalue weighted by atomic mass is 10.2. The van der Waals surface area contributed by atoms with Gasteiger partial charge >= 0.3 is 0 Å². The molecule has 2 heterocycles. The fraction of sp³-hybridized carbons (Fsp3) is 0.278. The monoisotopic (exact) mass is 311 g/mol. The van der Waals surface area contributed by atoms with Gasteiger partial charge in [0.1, 0.15) is 18.1 Å². The Balaban J connectivity index is 1.66. The maximum absolute atomic E-state index is 9.01. The van der Waals surface area contributed by atoms with Crippen LogP contribution in [0.25, 0.3) is 0 Å². The number of aliphatic hydroxyl groups is 1. The Morgan fingerprint density at radius 2 is 1.96 bits per heavy atom. The molecule has 0 atom stereocenters. The molecule has 0 saturated heterocycles. The summed E-state index contributed by atoms with van der Waals surface area (Å²) in [4.78, 5) is 0. The van der Waals surface area contributed by atoms with E-state index in [0.717, 1.165) is 29.4 Å². The van der Waals surface area contributed by atoms with Gasteiger partial charge in [0.25, 0.3) is 0 Å². The largest absolute Gasteiger partial charge is 0.462 e. The summed E-state index contributed by atoms with van der Waals surface area (Å²) in [6, 6.07) is 14.0. The van der Waals surface area contributed by atoms with Crippen LogP contribution in [-0.2, 0) is 19.7 Å². The molecule has 120 valence electrons. The average Bonchev–Trinajstić information content (AvgIpc) is 3.12. The second-order valence-electron chi connectivity index (χ2n) is 5.66. The van der Waals surface area contributed by atoms with Crippen molar-refractivity contribution >= 4 is 5.69 Å². The van der Waals surface area contributed by atoms with Gasteiger partial charge in [0.2, 0.25) is 0 Å². The van der Waals surface area contributed by atoms with E-state index in [1.54, 1.807) is 6.07 Å². The molecular formula is C18H21N3O2. The fourth-order valence-electron chi connectivity index (χ4n) is 2.58. The first-order valence-electron chi connectivity index (χ1n) is 7.66. The molecule has 2 N–H and O–H groups in total. The van der Waals surface area contributed by atoms with Crippen LogP contribution in [0.4, 0.5) is 5.69 Å². The van der Waals surface area contributed by atoms with Crippen LogP contribution in [0.1, 0.15) is 28.5 Å². The zero-order chi connectivity index (χ0) is 16.2. The molecule has 0 aliphatic rings. The van der Waals surface area contributed by atoms with Crippen LogP contribution in [-0.4, -0.2) is 14.9 Å². The molecule has 0 spiro atoms. The first kappa shape index (κ1) is 15.4. The third kappa shape index (κ3) is 3.81. The third-order valence-electron chi connectivity index (χ3n) is 3.70. The highest BCUT2D eigenvalue weighted by atomic mass is 16.4. The highest BCUT2D eigenvalue weighted by Gasteiger charge is 2.04. The van der Waals surface area contributed by atoms with Gasteiger partial charge in [-0.3, -0.25) is 4.68 Å². The number of aromatic nitrogens is 2. The molecule has 0 aliphatic heterocycles. The highest BCUT2D eigenvalue weighted by Crippen LogP contribution is 2.15. The summed E-state index contributed by atoms with van der Waals surface area (Å²) < 4.78 is 7.48. The number of nitrogens with one attached hydrogen (secondary N) is 1. The Labute approximate surface area is 135 Å². The SMILES string of the molecule is Cc1cc(C)n(Cc2cccc(NCc3ccc(CO)o3)c2)n1. The van der Waals surface area contributed by atoms with Crippen molar-refractivity contribution in [2.24, 2.45) is 0 Å². The van der Waals surface area contributed by atoms with Gasteiger partial charge < -0.3 is 14.8 Å². The molecular weight excluding hydrogens is 290 g/mol. The zero-order valence-corrected chi connectivity index (χ0v) is 13.4. The molecule has 0 amide bonds. The Hall–Kier alpha value is -2.53. The molecule has 0 unspecified atom stereocenters. The third-order valence-corrected chi connectivity index (χ3v) is 3.70. The van der Waals surface area contributed by atoms with Crippen molar-refractivity contribution < 1.29 is 9.52 Å². The summed E-state index contributed by atoms with van der Waals surface area (Å²) >= 11 is 0. The first-order chi connectivity index (χ1) is 11.1. The number of furan rings is 1. The van der Waals surface area contributed by atoms with Crippen LogP contribution in [0, 0.1) is 13.8 Å². The topological polar surface area (TPSA) is 63.2 Å². The number of aliphatic hydroxyl groups excluding tert-OH is 1. The summed E-state index contributed by atoms with van der Waals surface area (Å²) in [7, 11) is 0. The molecule has 3 aromatic rings. The molecule has 0 fully saturated rings. The molecule has 0 bridgehead atoms. The van der Waals surface area contributed by atoms with Gasteiger partial charge in [-0.1, -0.05) is 12.1 Å². The van der Waals surface area contributed by atoms with E-state index < -0.39 is 0 Å². The Bertz CT molecular complexity index is 789. The van der Waals surface area contributed by atoms with Gasteiger partial charge in [-0.25, -0.2) is 0 Å². The van der Waals surface area contributed by atoms with Crippen molar-refractivity contribution in [2.75, 3.05) is 5.32 Å². The van der Waals surface area contributed by atoms with Gasteiger partial charge in [-0.15, -0.1) is 0 Å². The van der Waals surface area contributed by atoms with Crippen LogP contribution in [0.5, 0.6) is 0 Å². The lowest BCUT2D eigenvalue weighted by Crippen LogP contribution is -2.05. The van der Waals surface area contributed by atoms with Crippen molar-refractivity contribution in [1.82, 2.24) is 9.78 Å². The van der Waals surface area contributed by atoms with Gasteiger partial charge in [-0.2, -0.15) is 5.10 Å². The highest BCUT2D eigenvalue weighted by molar-refractivity contribution is 5.46. The minimum atomic E-state index is -0.0713. The molecule has 0 aliphatic carbocycles. The summed E-state index contributed by atoms with van der Waals surface area (Å²) in [5.41, 5.74) is 4.42. The van der Waals surface area contributed by atoms with Crippen molar-refractivity contribution in [2.45, 2.75) is 33.5 Å². The van der Waals surface area contributed by atoms with E-state index in [1.807, 2.05) is 29.8 Å². The van der Waals surface area contributed by atoms with Gasteiger partial charge in [0.15, 0.2) is 0 Å². The minimum Gasteiger partial charge on any atom is -0.462 e. The summed E-state index contributed by atoms with van der Waals surface area (Å²) in [5.74, 6) is 1.39. The second-order valence-corrected chi connectivity index (χ2v) is 5.66. The average molecular weight is 311 g/mol. The number of rotatable bonds is 6. The number of hydrogen-bond acceptors (Lipinski definition) is 4. The van der Waals surface area contributed by atoms with E-state index >= 15 is 0 Å². The van der Waals surface area contributed by atoms with E-state index in [0.29, 0.717) is 12.3 Å². The number of aryl methyl sites for hydroxylation is 2. The van der Waals surface area contributed by atoms with Crippen LogP contribution >= 0.6 is 0 Å². The maximum atomic E-state index is 9.01. The van der Waals surface area contributed by atoms with E-state index in [1.165, 1.54) is 5.56 Å². The molecule has 5 nitrogen and oxygen atoms in total. The van der Waals surface area contributed by atoms with Crippen molar-refractivity contribution in [1.29, 1.82) is 0 Å². The van der Waals surface area contributed by atoms with Crippen LogP contribution in [0.3, 0.4) is 0 Å². The lowest BCUT2D eigenvalue weighted by Gasteiger charge is -2.09. The fourth-order valence-corrected chi connectivity index (χ4v) is 2.58. The number of anilines is 1.